The molecule has 0 bridgehead atoms. The van der Waals surface area contributed by atoms with E-state index in [2.05, 4.69) is 17.1 Å². The van der Waals surface area contributed by atoms with E-state index in [9.17, 15) is 21.6 Å². The lowest BCUT2D eigenvalue weighted by molar-refractivity contribution is -0.137. The Bertz CT molecular complexity index is 874. The molecule has 3 rings (SSSR count). The molecule has 0 atom stereocenters. The van der Waals surface area contributed by atoms with E-state index in [0.717, 1.165) is 63.1 Å². The van der Waals surface area contributed by atoms with Crippen LogP contribution in [0, 0.1) is 11.8 Å². The van der Waals surface area contributed by atoms with E-state index in [0.29, 0.717) is 19.1 Å². The van der Waals surface area contributed by atoms with Gasteiger partial charge in [-0.3, -0.25) is 4.90 Å². The normalized spacial score (nSPS) is 23.1. The maximum atomic E-state index is 12.8. The average Bonchev–Trinajstić information content (AvgIpc) is 2.82. The van der Waals surface area contributed by atoms with Gasteiger partial charge >= 0.3 is 6.18 Å². The van der Waals surface area contributed by atoms with Crippen LogP contribution in [0.4, 0.5) is 13.2 Å². The number of halogens is 3. The van der Waals surface area contributed by atoms with Crippen LogP contribution in [-0.4, -0.2) is 64.1 Å². The largest absolute Gasteiger partial charge is 0.416 e. The number of ether oxygens (including phenoxy) is 1. The highest BCUT2D eigenvalue weighted by Gasteiger charge is 2.32. The van der Waals surface area contributed by atoms with Gasteiger partial charge in [-0.05, 0) is 87.7 Å². The second-order valence-corrected chi connectivity index (χ2v) is 11.6. The van der Waals surface area contributed by atoms with Crippen LogP contribution in [-0.2, 0) is 20.9 Å². The van der Waals surface area contributed by atoms with Crippen molar-refractivity contribution in [3.05, 3.63) is 42.0 Å². The van der Waals surface area contributed by atoms with E-state index in [1.165, 1.54) is 43.7 Å². The quantitative estimate of drug-likeness (QED) is 0.326. The molecule has 34 heavy (non-hydrogen) atoms. The third-order valence-electron chi connectivity index (χ3n) is 6.92. The number of hydrogen-bond acceptors (Lipinski definition) is 4. The zero-order chi connectivity index (χ0) is 24.6. The number of benzene rings is 1. The molecule has 0 radical (unpaired) electrons. The van der Waals surface area contributed by atoms with Gasteiger partial charge in [-0.15, -0.1) is 0 Å². The standard InChI is InChI=1S/C25H37F3N2O3S/c1-29(34(31,32)24-13-11-23(12-14-24)25(26,27)28)19-21-7-9-22(10-8-21)20-33-18-6-5-17-30-15-3-2-4-16-30/h5-6,11-14,21-22H,2-4,7-10,15-20H2,1H3/t21-,22-. The minimum atomic E-state index is -4.49. The summed E-state index contributed by atoms with van der Waals surface area (Å²) in [5, 5.41) is 0. The number of alkyl halides is 3. The molecular formula is C25H37F3N2O3S. The maximum Gasteiger partial charge on any atom is 0.416 e. The van der Waals surface area contributed by atoms with Crippen LogP contribution in [0.15, 0.2) is 41.3 Å². The van der Waals surface area contributed by atoms with Crippen LogP contribution in [0.25, 0.3) is 0 Å². The fourth-order valence-corrected chi connectivity index (χ4v) is 6.02. The van der Waals surface area contributed by atoms with Crippen molar-refractivity contribution >= 4 is 10.0 Å². The lowest BCUT2D eigenvalue weighted by Crippen LogP contribution is -2.34. The van der Waals surface area contributed by atoms with E-state index in [4.69, 9.17) is 4.74 Å². The van der Waals surface area contributed by atoms with Crippen LogP contribution in [0.2, 0.25) is 0 Å². The zero-order valence-electron chi connectivity index (χ0n) is 20.0. The molecule has 2 aliphatic rings. The first-order valence-electron chi connectivity index (χ1n) is 12.2. The number of rotatable bonds is 10. The summed E-state index contributed by atoms with van der Waals surface area (Å²) in [5.41, 5.74) is -0.855. The highest BCUT2D eigenvalue weighted by molar-refractivity contribution is 7.89. The Morgan fingerprint density at radius 1 is 1.00 bits per heavy atom. The number of sulfonamides is 1. The summed E-state index contributed by atoms with van der Waals surface area (Å²) in [6.07, 6.45) is 7.57. The van der Waals surface area contributed by atoms with Gasteiger partial charge in [-0.25, -0.2) is 12.7 Å². The van der Waals surface area contributed by atoms with Gasteiger partial charge in [-0.2, -0.15) is 13.2 Å². The first-order chi connectivity index (χ1) is 16.2. The van der Waals surface area contributed by atoms with Gasteiger partial charge in [0.2, 0.25) is 10.0 Å². The SMILES string of the molecule is CN(C[C@H]1CC[C@H](COCC=CCN2CCCCC2)CC1)S(=O)(=O)c1ccc(C(F)(F)F)cc1. The molecule has 0 spiro atoms. The lowest BCUT2D eigenvalue weighted by Gasteiger charge is -2.31. The van der Waals surface area contributed by atoms with E-state index in [1.54, 1.807) is 0 Å². The van der Waals surface area contributed by atoms with E-state index >= 15 is 0 Å². The smallest absolute Gasteiger partial charge is 0.377 e. The predicted octanol–water partition coefficient (Wildman–Crippen LogP) is 5.19. The zero-order valence-corrected chi connectivity index (χ0v) is 20.8. The second kappa shape index (κ2) is 12.5. The second-order valence-electron chi connectivity index (χ2n) is 9.56. The Labute approximate surface area is 202 Å². The topological polar surface area (TPSA) is 49.9 Å². The summed E-state index contributed by atoms with van der Waals surface area (Å²) < 4.78 is 70.9. The molecule has 2 fully saturated rings. The molecule has 1 aromatic carbocycles. The van der Waals surface area contributed by atoms with Crippen LogP contribution < -0.4 is 0 Å². The van der Waals surface area contributed by atoms with Crippen molar-refractivity contribution in [3.8, 4) is 0 Å². The third-order valence-corrected chi connectivity index (χ3v) is 8.76. The minimum absolute atomic E-state index is 0.113. The molecule has 9 heteroatoms. The van der Waals surface area contributed by atoms with Crippen LogP contribution in [0.5, 0.6) is 0 Å². The monoisotopic (exact) mass is 502 g/mol. The highest BCUT2D eigenvalue weighted by atomic mass is 32.2. The molecule has 0 amide bonds. The predicted molar refractivity (Wildman–Crippen MR) is 127 cm³/mol. The molecule has 0 aromatic heterocycles. The lowest BCUT2D eigenvalue weighted by atomic mass is 9.82. The van der Waals surface area contributed by atoms with Crippen molar-refractivity contribution < 1.29 is 26.3 Å². The maximum absolute atomic E-state index is 12.8. The Hall–Kier alpha value is -1.42. The molecule has 192 valence electrons. The third kappa shape index (κ3) is 8.07. The van der Waals surface area contributed by atoms with Crippen molar-refractivity contribution in [1.29, 1.82) is 0 Å². The highest BCUT2D eigenvalue weighted by Crippen LogP contribution is 2.32. The molecule has 1 heterocycles. The van der Waals surface area contributed by atoms with E-state index in [1.807, 2.05) is 0 Å². The van der Waals surface area contributed by atoms with E-state index < -0.39 is 21.8 Å². The summed E-state index contributed by atoms with van der Waals surface area (Å²) in [4.78, 5) is 2.36. The number of nitrogens with zero attached hydrogens (tertiary/aromatic N) is 2. The van der Waals surface area contributed by atoms with Gasteiger partial charge < -0.3 is 4.74 Å². The summed E-state index contributed by atoms with van der Waals surface area (Å²) in [6.45, 7) is 5.10. The molecule has 1 aromatic rings. The number of piperidine rings is 1. The summed E-state index contributed by atoms with van der Waals surface area (Å²) >= 11 is 0. The fraction of sp³-hybridized carbons (Fsp3) is 0.680. The molecule has 1 saturated carbocycles. The van der Waals surface area contributed by atoms with Crippen LogP contribution >= 0.6 is 0 Å². The summed E-state index contributed by atoms with van der Waals surface area (Å²) in [5.74, 6) is 0.735. The molecule has 1 saturated heterocycles. The number of likely N-dealkylation sites (tertiary alicyclic amines) is 1. The first-order valence-corrected chi connectivity index (χ1v) is 13.7. The summed E-state index contributed by atoms with van der Waals surface area (Å²) in [7, 11) is -2.32. The molecule has 0 unspecified atom stereocenters. The van der Waals surface area contributed by atoms with Crippen molar-refractivity contribution in [1.82, 2.24) is 9.21 Å². The van der Waals surface area contributed by atoms with E-state index in [-0.39, 0.29) is 10.8 Å². The average molecular weight is 503 g/mol. The molecular weight excluding hydrogens is 465 g/mol. The molecule has 1 aliphatic heterocycles. The van der Waals surface area contributed by atoms with Gasteiger partial charge in [-0.1, -0.05) is 18.6 Å². The Morgan fingerprint density at radius 3 is 2.24 bits per heavy atom. The summed E-state index contributed by atoms with van der Waals surface area (Å²) in [6, 6.07) is 3.69. The Balaban J connectivity index is 1.35. The first kappa shape index (κ1) is 27.2. The van der Waals surface area contributed by atoms with Crippen molar-refractivity contribution in [2.24, 2.45) is 11.8 Å². The van der Waals surface area contributed by atoms with Crippen LogP contribution in [0.1, 0.15) is 50.5 Å². The van der Waals surface area contributed by atoms with Crippen molar-refractivity contribution in [2.75, 3.05) is 46.4 Å². The van der Waals surface area contributed by atoms with Crippen molar-refractivity contribution in [2.45, 2.75) is 56.0 Å². The number of hydrogen-bond donors (Lipinski definition) is 0. The Kier molecular flexibility index (Phi) is 10.0. The van der Waals surface area contributed by atoms with Gasteiger partial charge in [0.25, 0.3) is 0 Å². The molecule has 0 N–H and O–H groups in total. The minimum Gasteiger partial charge on any atom is -0.377 e. The molecule has 5 nitrogen and oxygen atoms in total. The van der Waals surface area contributed by atoms with Gasteiger partial charge in [0, 0.05) is 26.7 Å². The van der Waals surface area contributed by atoms with Gasteiger partial charge in [0.15, 0.2) is 0 Å². The van der Waals surface area contributed by atoms with Crippen molar-refractivity contribution in [3.63, 3.8) is 0 Å². The Morgan fingerprint density at radius 2 is 1.62 bits per heavy atom. The van der Waals surface area contributed by atoms with Crippen LogP contribution in [0.3, 0.4) is 0 Å². The fourth-order valence-electron chi connectivity index (χ4n) is 4.77. The molecule has 1 aliphatic carbocycles. The van der Waals surface area contributed by atoms with Gasteiger partial charge in [0.05, 0.1) is 17.1 Å². The van der Waals surface area contributed by atoms with Gasteiger partial charge in [0.1, 0.15) is 0 Å².